The highest BCUT2D eigenvalue weighted by Crippen LogP contribution is 2.39. The molecule has 4 aromatic heterocycles. The number of hydrogen-bond donors (Lipinski definition) is 0. The van der Waals surface area contributed by atoms with Gasteiger partial charge in [0.25, 0.3) is 11.1 Å². The van der Waals surface area contributed by atoms with E-state index in [-0.39, 0.29) is 12.3 Å². The number of aromatic nitrogens is 4. The highest BCUT2D eigenvalue weighted by molar-refractivity contribution is 7.18. The van der Waals surface area contributed by atoms with Crippen LogP contribution in [-0.4, -0.2) is 46.3 Å². The van der Waals surface area contributed by atoms with Gasteiger partial charge in [0.05, 0.1) is 25.8 Å². The second kappa shape index (κ2) is 10.3. The van der Waals surface area contributed by atoms with Gasteiger partial charge in [0.1, 0.15) is 35.1 Å². The van der Waals surface area contributed by atoms with E-state index in [0.29, 0.717) is 74.1 Å². The number of ether oxygens (including phenoxy) is 3. The lowest BCUT2D eigenvalue weighted by Gasteiger charge is -2.17. The summed E-state index contributed by atoms with van der Waals surface area (Å²) in [6.07, 6.45) is -2.32. The quantitative estimate of drug-likeness (QED) is 0.198. The number of rotatable bonds is 7. The number of methoxy groups -OCH3 is 2. The number of nitrogens with zero attached hydrogens (tertiary/aromatic N) is 5. The van der Waals surface area contributed by atoms with Gasteiger partial charge in [-0.3, -0.25) is 4.79 Å². The van der Waals surface area contributed by atoms with Crippen molar-refractivity contribution in [3.8, 4) is 28.1 Å². The summed E-state index contributed by atoms with van der Waals surface area (Å²) in [6.45, 7) is 0.494. The van der Waals surface area contributed by atoms with Crippen LogP contribution < -0.4 is 19.1 Å². The third kappa shape index (κ3) is 4.83. The Morgan fingerprint density at radius 2 is 2.00 bits per heavy atom. The summed E-state index contributed by atoms with van der Waals surface area (Å²) in [5, 5.41) is 5.61. The first-order valence-electron chi connectivity index (χ1n) is 12.8. The standard InChI is InChI=1S/C28H20F3N5O5S2/c1-38-15-8-21(17-10-23(41-22(17)9-15)18-11-36-26(33-18)43-27(34-36)39-2)40-12-14-4-3-5-20-16(14)6-7-35(20)24(37)19-13-42-25(32-19)28(29,30)31/h3-5,8-11,13H,6-7,12H2,1-2H3. The zero-order valence-electron chi connectivity index (χ0n) is 22.5. The fourth-order valence-electron chi connectivity index (χ4n) is 4.98. The molecule has 6 aromatic rings. The maximum atomic E-state index is 13.1. The summed E-state index contributed by atoms with van der Waals surface area (Å²) in [6, 6.07) is 10.8. The van der Waals surface area contributed by atoms with E-state index in [1.165, 1.54) is 16.2 Å². The molecule has 220 valence electrons. The minimum atomic E-state index is -4.60. The van der Waals surface area contributed by atoms with Crippen LogP contribution in [0.5, 0.6) is 16.7 Å². The van der Waals surface area contributed by atoms with Crippen LogP contribution in [0, 0.1) is 0 Å². The highest BCUT2D eigenvalue weighted by Gasteiger charge is 2.36. The highest BCUT2D eigenvalue weighted by atomic mass is 32.1. The predicted octanol–water partition coefficient (Wildman–Crippen LogP) is 6.48. The van der Waals surface area contributed by atoms with Crippen molar-refractivity contribution >= 4 is 50.2 Å². The van der Waals surface area contributed by atoms with Crippen LogP contribution in [0.15, 0.2) is 52.4 Å². The molecule has 0 saturated carbocycles. The Kier molecular flexibility index (Phi) is 6.50. The number of carbonyl (C=O) groups is 1. The summed E-state index contributed by atoms with van der Waals surface area (Å²) in [5.41, 5.74) is 3.26. The largest absolute Gasteiger partial charge is 0.496 e. The average molecular weight is 628 g/mol. The Bertz CT molecular complexity index is 1980. The van der Waals surface area contributed by atoms with Gasteiger partial charge < -0.3 is 23.5 Å². The molecule has 1 aliphatic rings. The van der Waals surface area contributed by atoms with Crippen LogP contribution in [0.1, 0.15) is 26.6 Å². The number of thiazole rings is 1. The summed E-state index contributed by atoms with van der Waals surface area (Å²) < 4.78 is 63.8. The second-order valence-electron chi connectivity index (χ2n) is 9.52. The zero-order chi connectivity index (χ0) is 29.9. The van der Waals surface area contributed by atoms with E-state index in [2.05, 4.69) is 15.1 Å². The van der Waals surface area contributed by atoms with Crippen LogP contribution in [0.4, 0.5) is 18.9 Å². The molecule has 0 bridgehead atoms. The van der Waals surface area contributed by atoms with E-state index < -0.39 is 17.1 Å². The van der Waals surface area contributed by atoms with Crippen molar-refractivity contribution in [3.05, 3.63) is 69.8 Å². The number of carbonyl (C=O) groups excluding carboxylic acids is 1. The fraction of sp³-hybridized carbons (Fsp3) is 0.214. The Hall–Kier alpha value is -4.63. The smallest absolute Gasteiger partial charge is 0.443 e. The molecule has 10 nitrogen and oxygen atoms in total. The number of imidazole rings is 1. The van der Waals surface area contributed by atoms with E-state index in [1.807, 2.05) is 12.1 Å². The third-order valence-corrected chi connectivity index (χ3v) is 8.75. The van der Waals surface area contributed by atoms with Crippen LogP contribution in [-0.2, 0) is 19.2 Å². The van der Waals surface area contributed by atoms with Crippen LogP contribution in [0.3, 0.4) is 0 Å². The van der Waals surface area contributed by atoms with E-state index >= 15 is 0 Å². The van der Waals surface area contributed by atoms with E-state index in [1.54, 1.807) is 49.2 Å². The van der Waals surface area contributed by atoms with Crippen molar-refractivity contribution in [2.75, 3.05) is 25.7 Å². The first-order valence-corrected chi connectivity index (χ1v) is 14.5. The normalized spacial score (nSPS) is 13.2. The maximum absolute atomic E-state index is 13.1. The number of amides is 1. The molecule has 0 radical (unpaired) electrons. The lowest BCUT2D eigenvalue weighted by Crippen LogP contribution is -2.29. The third-order valence-electron chi connectivity index (χ3n) is 6.98. The number of fused-ring (bicyclic) bond motifs is 3. The zero-order valence-corrected chi connectivity index (χ0v) is 24.1. The van der Waals surface area contributed by atoms with Gasteiger partial charge in [0.2, 0.25) is 4.96 Å². The monoisotopic (exact) mass is 627 g/mol. The maximum Gasteiger partial charge on any atom is 0.443 e. The lowest BCUT2D eigenvalue weighted by atomic mass is 10.1. The SMILES string of the molecule is COc1cc(OCc2cccc3c2CCN3C(=O)c2csc(C(F)(F)F)n2)c2cc(-c3cn4nc(OC)sc4n3)oc2c1. The molecule has 0 spiro atoms. The van der Waals surface area contributed by atoms with Crippen molar-refractivity contribution < 1.29 is 36.6 Å². The minimum absolute atomic E-state index is 0.173. The number of anilines is 1. The summed E-state index contributed by atoms with van der Waals surface area (Å²) in [7, 11) is 3.10. The van der Waals surface area contributed by atoms with Gasteiger partial charge >= 0.3 is 6.18 Å². The van der Waals surface area contributed by atoms with E-state index in [4.69, 9.17) is 18.6 Å². The Balaban J connectivity index is 1.15. The van der Waals surface area contributed by atoms with Crippen LogP contribution in [0.25, 0.3) is 27.4 Å². The van der Waals surface area contributed by atoms with Crippen molar-refractivity contribution in [2.24, 2.45) is 0 Å². The first-order chi connectivity index (χ1) is 20.7. The van der Waals surface area contributed by atoms with Crippen molar-refractivity contribution in [3.63, 3.8) is 0 Å². The van der Waals surface area contributed by atoms with Crippen molar-refractivity contribution in [1.82, 2.24) is 19.6 Å². The molecule has 5 heterocycles. The molecule has 43 heavy (non-hydrogen) atoms. The molecule has 0 fully saturated rings. The molecule has 0 unspecified atom stereocenters. The number of hydrogen-bond acceptors (Lipinski definition) is 10. The molecule has 0 N–H and O–H groups in total. The molecular weight excluding hydrogens is 607 g/mol. The first kappa shape index (κ1) is 27.2. The second-order valence-corrected chi connectivity index (χ2v) is 11.3. The van der Waals surface area contributed by atoms with E-state index in [9.17, 15) is 18.0 Å². The Morgan fingerprint density at radius 1 is 1.14 bits per heavy atom. The number of halogens is 3. The van der Waals surface area contributed by atoms with Gasteiger partial charge in [0.15, 0.2) is 10.8 Å². The van der Waals surface area contributed by atoms with Crippen molar-refractivity contribution in [1.29, 1.82) is 0 Å². The van der Waals surface area contributed by atoms with Crippen LogP contribution >= 0.6 is 22.7 Å². The van der Waals surface area contributed by atoms with Crippen LogP contribution in [0.2, 0.25) is 0 Å². The molecule has 1 aliphatic heterocycles. The molecule has 2 aromatic carbocycles. The Morgan fingerprint density at radius 3 is 2.74 bits per heavy atom. The topological polar surface area (TPSA) is 104 Å². The van der Waals surface area contributed by atoms with Gasteiger partial charge in [0, 0.05) is 29.7 Å². The van der Waals surface area contributed by atoms with Gasteiger partial charge in [-0.25, -0.2) is 14.5 Å². The number of furan rings is 1. The molecule has 1 amide bonds. The van der Waals surface area contributed by atoms with E-state index in [0.717, 1.165) is 16.5 Å². The summed E-state index contributed by atoms with van der Waals surface area (Å²) in [4.78, 5) is 23.3. The van der Waals surface area contributed by atoms with Gasteiger partial charge in [-0.05, 0) is 41.0 Å². The predicted molar refractivity (Wildman–Crippen MR) is 152 cm³/mol. The number of benzene rings is 2. The average Bonchev–Trinajstić information content (AvgIpc) is 3.81. The lowest BCUT2D eigenvalue weighted by molar-refractivity contribution is -0.137. The summed E-state index contributed by atoms with van der Waals surface area (Å²) in [5.74, 6) is 1.01. The summed E-state index contributed by atoms with van der Waals surface area (Å²) >= 11 is 1.71. The van der Waals surface area contributed by atoms with Gasteiger partial charge in [-0.15, -0.1) is 16.4 Å². The molecule has 15 heteroatoms. The van der Waals surface area contributed by atoms with Gasteiger partial charge in [-0.1, -0.05) is 12.1 Å². The number of alkyl halides is 3. The minimum Gasteiger partial charge on any atom is -0.496 e. The molecule has 0 atom stereocenters. The van der Waals surface area contributed by atoms with Crippen molar-refractivity contribution in [2.45, 2.75) is 19.2 Å². The molecule has 7 rings (SSSR count). The molecule has 0 saturated heterocycles. The fourth-order valence-corrected chi connectivity index (χ4v) is 6.34. The van der Waals surface area contributed by atoms with Gasteiger partial charge in [-0.2, -0.15) is 13.2 Å². The molecular formula is C28H20F3N5O5S2. The Labute approximate surface area is 248 Å². The molecule has 0 aliphatic carbocycles.